The molecule has 0 spiro atoms. The zero-order valence-electron chi connectivity index (χ0n) is 5.78. The van der Waals surface area contributed by atoms with E-state index < -0.39 is 0 Å². The highest BCUT2D eigenvalue weighted by Gasteiger charge is 1.84. The lowest BCUT2D eigenvalue weighted by atomic mass is 10.1. The molecule has 0 amide bonds. The van der Waals surface area contributed by atoms with Gasteiger partial charge in [0.25, 0.3) is 0 Å². The molecule has 8 heavy (non-hydrogen) atoms. The van der Waals surface area contributed by atoms with E-state index in [1.807, 2.05) is 0 Å². The van der Waals surface area contributed by atoms with Crippen LogP contribution in [0.3, 0.4) is 0 Å². The van der Waals surface area contributed by atoms with Crippen LogP contribution in [-0.2, 0) is 0 Å². The van der Waals surface area contributed by atoms with E-state index >= 15 is 0 Å². The van der Waals surface area contributed by atoms with Crippen molar-refractivity contribution < 1.29 is 0 Å². The Labute approximate surface area is 51.6 Å². The van der Waals surface area contributed by atoms with Crippen LogP contribution in [-0.4, -0.2) is 0 Å². The maximum Gasteiger partial charge on any atom is -0.00733 e. The minimum Gasteiger partial charge on any atom is -0.405 e. The lowest BCUT2D eigenvalue weighted by molar-refractivity contribution is 0.785. The molecule has 0 aromatic heterocycles. The van der Waals surface area contributed by atoms with E-state index in [0.29, 0.717) is 0 Å². The number of allylic oxidation sites excluding steroid dienone is 1. The predicted octanol–water partition coefficient (Wildman–Crippen LogP) is 2.04. The fraction of sp³-hybridized carbons (Fsp3) is 0.714. The van der Waals surface area contributed by atoms with Crippen molar-refractivity contribution in [2.75, 3.05) is 0 Å². The molecule has 0 aliphatic heterocycles. The highest BCUT2D eigenvalue weighted by molar-refractivity contribution is 4.93. The van der Waals surface area contributed by atoms with Gasteiger partial charge in [-0.05, 0) is 26.0 Å². The fourth-order valence-electron chi connectivity index (χ4n) is 0.539. The van der Waals surface area contributed by atoms with Gasteiger partial charge in [-0.15, -0.1) is 0 Å². The SMILES string of the molecule is CCCCC(C)=CN. The monoisotopic (exact) mass is 113 g/mol. The van der Waals surface area contributed by atoms with Gasteiger partial charge in [-0.25, -0.2) is 0 Å². The second kappa shape index (κ2) is 4.69. The summed E-state index contributed by atoms with van der Waals surface area (Å²) >= 11 is 0. The molecule has 0 aliphatic carbocycles. The largest absolute Gasteiger partial charge is 0.405 e. The van der Waals surface area contributed by atoms with Gasteiger partial charge in [-0.3, -0.25) is 0 Å². The van der Waals surface area contributed by atoms with E-state index in [1.165, 1.54) is 18.4 Å². The van der Waals surface area contributed by atoms with E-state index in [0.717, 1.165) is 6.42 Å². The zero-order valence-corrected chi connectivity index (χ0v) is 5.78. The molecule has 0 aliphatic rings. The minimum atomic E-state index is 1.16. The molecule has 0 heterocycles. The van der Waals surface area contributed by atoms with Crippen molar-refractivity contribution in [3.05, 3.63) is 11.8 Å². The normalized spacial score (nSPS) is 12.0. The molecule has 0 aromatic rings. The Balaban J connectivity index is 3.12. The van der Waals surface area contributed by atoms with Crippen molar-refractivity contribution in [3.63, 3.8) is 0 Å². The molecule has 0 atom stereocenters. The fourth-order valence-corrected chi connectivity index (χ4v) is 0.539. The molecule has 0 aromatic carbocycles. The second-order valence-electron chi connectivity index (χ2n) is 2.12. The molecule has 0 unspecified atom stereocenters. The maximum atomic E-state index is 5.25. The van der Waals surface area contributed by atoms with E-state index in [1.54, 1.807) is 6.20 Å². The Bertz CT molecular complexity index is 74.5. The summed E-state index contributed by atoms with van der Waals surface area (Å²) < 4.78 is 0. The standard InChI is InChI=1S/C7H15N/c1-3-4-5-7(2)6-8/h6H,3-5,8H2,1-2H3. The lowest BCUT2D eigenvalue weighted by Gasteiger charge is -1.94. The van der Waals surface area contributed by atoms with E-state index in [9.17, 15) is 0 Å². The van der Waals surface area contributed by atoms with Crippen molar-refractivity contribution in [1.82, 2.24) is 0 Å². The first-order valence-electron chi connectivity index (χ1n) is 3.18. The van der Waals surface area contributed by atoms with Gasteiger partial charge in [0.1, 0.15) is 0 Å². The molecule has 0 radical (unpaired) electrons. The molecule has 0 saturated heterocycles. The van der Waals surface area contributed by atoms with Gasteiger partial charge in [0.15, 0.2) is 0 Å². The molecule has 1 heteroatoms. The molecule has 0 saturated carbocycles. The van der Waals surface area contributed by atoms with Gasteiger partial charge in [0.05, 0.1) is 0 Å². The van der Waals surface area contributed by atoms with Gasteiger partial charge in [0.2, 0.25) is 0 Å². The Morgan fingerprint density at radius 3 is 2.62 bits per heavy atom. The molecule has 0 fully saturated rings. The van der Waals surface area contributed by atoms with Crippen LogP contribution in [0.4, 0.5) is 0 Å². The third-order valence-corrected chi connectivity index (χ3v) is 1.21. The second-order valence-corrected chi connectivity index (χ2v) is 2.12. The van der Waals surface area contributed by atoms with Crippen molar-refractivity contribution in [2.24, 2.45) is 5.73 Å². The number of nitrogens with two attached hydrogens (primary N) is 1. The first kappa shape index (κ1) is 7.54. The lowest BCUT2D eigenvalue weighted by Crippen LogP contribution is -1.83. The third-order valence-electron chi connectivity index (χ3n) is 1.21. The highest BCUT2D eigenvalue weighted by atomic mass is 14.5. The molecule has 2 N–H and O–H groups in total. The summed E-state index contributed by atoms with van der Waals surface area (Å²) in [5, 5.41) is 0. The topological polar surface area (TPSA) is 26.0 Å². The average Bonchev–Trinajstić information content (AvgIpc) is 1.83. The summed E-state index contributed by atoms with van der Waals surface area (Å²) in [5.74, 6) is 0. The summed E-state index contributed by atoms with van der Waals surface area (Å²) in [5.41, 5.74) is 6.55. The summed E-state index contributed by atoms with van der Waals surface area (Å²) in [6, 6.07) is 0. The van der Waals surface area contributed by atoms with Gasteiger partial charge in [0, 0.05) is 0 Å². The van der Waals surface area contributed by atoms with Crippen LogP contribution in [0.25, 0.3) is 0 Å². The van der Waals surface area contributed by atoms with Crippen LogP contribution in [0.1, 0.15) is 33.1 Å². The molecule has 48 valence electrons. The van der Waals surface area contributed by atoms with Gasteiger partial charge < -0.3 is 5.73 Å². The van der Waals surface area contributed by atoms with Gasteiger partial charge >= 0.3 is 0 Å². The van der Waals surface area contributed by atoms with Crippen LogP contribution in [0, 0.1) is 0 Å². The smallest absolute Gasteiger partial charge is 0.00733 e. The Morgan fingerprint density at radius 1 is 1.62 bits per heavy atom. The van der Waals surface area contributed by atoms with Crippen molar-refractivity contribution in [3.8, 4) is 0 Å². The van der Waals surface area contributed by atoms with Crippen molar-refractivity contribution >= 4 is 0 Å². The first-order chi connectivity index (χ1) is 3.81. The number of unbranched alkanes of at least 4 members (excludes halogenated alkanes) is 1. The molecule has 0 rings (SSSR count). The van der Waals surface area contributed by atoms with Crippen LogP contribution < -0.4 is 5.73 Å². The quantitative estimate of drug-likeness (QED) is 0.595. The molecule has 1 nitrogen and oxygen atoms in total. The van der Waals surface area contributed by atoms with Crippen molar-refractivity contribution in [1.29, 1.82) is 0 Å². The number of hydrogen-bond donors (Lipinski definition) is 1. The van der Waals surface area contributed by atoms with Gasteiger partial charge in [-0.2, -0.15) is 0 Å². The Kier molecular flexibility index (Phi) is 4.42. The van der Waals surface area contributed by atoms with Crippen molar-refractivity contribution in [2.45, 2.75) is 33.1 Å². The summed E-state index contributed by atoms with van der Waals surface area (Å²) in [7, 11) is 0. The van der Waals surface area contributed by atoms with Crippen LogP contribution in [0.2, 0.25) is 0 Å². The minimum absolute atomic E-state index is 1.16. The van der Waals surface area contributed by atoms with Crippen LogP contribution in [0.5, 0.6) is 0 Å². The summed E-state index contributed by atoms with van der Waals surface area (Å²) in [6.45, 7) is 4.25. The van der Waals surface area contributed by atoms with Crippen LogP contribution >= 0.6 is 0 Å². The zero-order chi connectivity index (χ0) is 6.41. The Morgan fingerprint density at radius 2 is 2.25 bits per heavy atom. The van der Waals surface area contributed by atoms with Gasteiger partial charge in [-0.1, -0.05) is 18.9 Å². The van der Waals surface area contributed by atoms with E-state index in [-0.39, 0.29) is 0 Å². The third kappa shape index (κ3) is 3.72. The van der Waals surface area contributed by atoms with E-state index in [2.05, 4.69) is 13.8 Å². The average molecular weight is 113 g/mol. The molecular weight excluding hydrogens is 98.1 g/mol. The molecule has 0 bridgehead atoms. The predicted molar refractivity (Wildman–Crippen MR) is 37.5 cm³/mol. The first-order valence-corrected chi connectivity index (χ1v) is 3.18. The van der Waals surface area contributed by atoms with E-state index in [4.69, 9.17) is 5.73 Å². The highest BCUT2D eigenvalue weighted by Crippen LogP contribution is 2.02. The summed E-state index contributed by atoms with van der Waals surface area (Å²) in [4.78, 5) is 0. The summed E-state index contributed by atoms with van der Waals surface area (Å²) in [6.07, 6.45) is 5.37. The molecular formula is C7H15N. The Hall–Kier alpha value is -0.460. The number of hydrogen-bond acceptors (Lipinski definition) is 1. The maximum absolute atomic E-state index is 5.25. The number of rotatable bonds is 3. The van der Waals surface area contributed by atoms with Crippen LogP contribution in [0.15, 0.2) is 11.8 Å².